The normalized spacial score (nSPS) is 12.3. The van der Waals surface area contributed by atoms with Crippen LogP contribution in [0.25, 0.3) is 0 Å². The van der Waals surface area contributed by atoms with E-state index in [0.29, 0.717) is 4.92 Å². The average Bonchev–Trinajstić information content (AvgIpc) is 2.22. The molecular weight excluding hydrogens is 200 g/mol. The van der Waals surface area contributed by atoms with E-state index in [9.17, 15) is 9.70 Å². The molecule has 0 radical (unpaired) electrons. The van der Waals surface area contributed by atoms with Crippen LogP contribution >= 0.6 is 0 Å². The van der Waals surface area contributed by atoms with Crippen LogP contribution in [-0.4, -0.2) is 36.7 Å². The topological polar surface area (TPSA) is 81.6 Å². The maximum Gasteiger partial charge on any atom is 0.323 e. The summed E-state index contributed by atoms with van der Waals surface area (Å²) >= 11 is 0. The molecule has 0 aliphatic carbocycles. The van der Waals surface area contributed by atoms with E-state index in [1.54, 1.807) is 6.92 Å². The van der Waals surface area contributed by atoms with Gasteiger partial charge in [0.2, 0.25) is 11.5 Å². The van der Waals surface area contributed by atoms with Crippen LogP contribution in [0.4, 0.5) is 0 Å². The molecule has 6 nitrogen and oxygen atoms in total. The summed E-state index contributed by atoms with van der Waals surface area (Å²) in [6.07, 6.45) is 0. The van der Waals surface area contributed by atoms with Gasteiger partial charge in [-0.1, -0.05) is 13.8 Å². The molecule has 0 saturated heterocycles. The Hall–Kier alpha value is -1.17. The summed E-state index contributed by atoms with van der Waals surface area (Å²) in [6.45, 7) is 5.65. The number of esters is 1. The zero-order chi connectivity index (χ0) is 11.8. The van der Waals surface area contributed by atoms with Crippen molar-refractivity contribution in [3.63, 3.8) is 0 Å². The zero-order valence-electron chi connectivity index (χ0n) is 9.43. The standard InChI is InChI=1S/C9H19N2O4/c1-4-11(13)15-6-5-14-9(12)8(10)7(2)3/h7-8H,4-6,10H2,1-3H3/q+1. The average molecular weight is 219 g/mol. The van der Waals surface area contributed by atoms with Crippen LogP contribution in [0.1, 0.15) is 20.8 Å². The minimum atomic E-state index is -0.625. The molecule has 2 N–H and O–H groups in total. The highest BCUT2D eigenvalue weighted by molar-refractivity contribution is 5.75. The molecule has 6 heteroatoms. The number of carbonyl (C=O) groups is 1. The molecular formula is C9H19N2O4+. The number of nitrogens with two attached hydrogens (primary N) is 1. The molecule has 0 rings (SSSR count). The molecule has 0 saturated carbocycles. The molecule has 0 amide bonds. The van der Waals surface area contributed by atoms with E-state index in [2.05, 4.69) is 4.84 Å². The fourth-order valence-electron chi connectivity index (χ4n) is 0.741. The van der Waals surface area contributed by atoms with Gasteiger partial charge in [0, 0.05) is 6.92 Å². The quantitative estimate of drug-likeness (QED) is 0.377. The van der Waals surface area contributed by atoms with Crippen LogP contribution in [0.3, 0.4) is 0 Å². The van der Waals surface area contributed by atoms with Gasteiger partial charge in [0.05, 0.1) is 4.91 Å². The van der Waals surface area contributed by atoms with Gasteiger partial charge in [-0.25, -0.2) is 4.84 Å². The number of hydrogen-bond acceptors (Lipinski definition) is 5. The van der Waals surface area contributed by atoms with Gasteiger partial charge in [0.15, 0.2) is 6.61 Å². The number of ether oxygens (including phenoxy) is 1. The van der Waals surface area contributed by atoms with E-state index >= 15 is 0 Å². The van der Waals surface area contributed by atoms with Crippen molar-refractivity contribution >= 4 is 5.97 Å². The first-order chi connectivity index (χ1) is 6.99. The van der Waals surface area contributed by atoms with Crippen LogP contribution in [0.5, 0.6) is 0 Å². The molecule has 88 valence electrons. The monoisotopic (exact) mass is 219 g/mol. The van der Waals surface area contributed by atoms with Crippen molar-refractivity contribution in [1.29, 1.82) is 0 Å². The van der Waals surface area contributed by atoms with E-state index in [-0.39, 0.29) is 25.7 Å². The Labute approximate surface area is 89.2 Å². The predicted molar refractivity (Wildman–Crippen MR) is 53.9 cm³/mol. The summed E-state index contributed by atoms with van der Waals surface area (Å²) in [5.74, 6) is -0.437. The van der Waals surface area contributed by atoms with Crippen molar-refractivity contribution in [3.8, 4) is 0 Å². The number of hydrogen-bond donors (Lipinski definition) is 1. The van der Waals surface area contributed by atoms with Crippen molar-refractivity contribution in [2.24, 2.45) is 11.7 Å². The largest absolute Gasteiger partial charge is 0.461 e. The predicted octanol–water partition coefficient (Wildman–Crippen LogP) is 0.243. The fourth-order valence-corrected chi connectivity index (χ4v) is 0.741. The smallest absolute Gasteiger partial charge is 0.323 e. The highest BCUT2D eigenvalue weighted by atomic mass is 16.8. The Kier molecular flexibility index (Phi) is 6.61. The van der Waals surface area contributed by atoms with Crippen LogP contribution in [-0.2, 0) is 14.4 Å². The van der Waals surface area contributed by atoms with E-state index in [1.165, 1.54) is 0 Å². The third kappa shape index (κ3) is 6.01. The molecule has 1 unspecified atom stereocenters. The van der Waals surface area contributed by atoms with E-state index in [1.807, 2.05) is 13.8 Å². The minimum absolute atomic E-state index is 0.0325. The van der Waals surface area contributed by atoms with E-state index in [0.717, 1.165) is 0 Å². The third-order valence-electron chi connectivity index (χ3n) is 1.81. The molecule has 0 spiro atoms. The lowest BCUT2D eigenvalue weighted by atomic mass is 10.1. The van der Waals surface area contributed by atoms with Crippen LogP contribution < -0.4 is 5.73 Å². The molecule has 1 atom stereocenters. The van der Waals surface area contributed by atoms with Crippen LogP contribution in [0, 0.1) is 10.8 Å². The van der Waals surface area contributed by atoms with Gasteiger partial charge >= 0.3 is 5.97 Å². The van der Waals surface area contributed by atoms with Crippen molar-refractivity contribution < 1.29 is 19.3 Å². The fraction of sp³-hybridized carbons (Fsp3) is 0.889. The van der Waals surface area contributed by atoms with Gasteiger partial charge in [0.25, 0.3) is 0 Å². The first-order valence-electron chi connectivity index (χ1n) is 4.98. The van der Waals surface area contributed by atoms with Gasteiger partial charge in [-0.3, -0.25) is 4.79 Å². The lowest BCUT2D eigenvalue weighted by Crippen LogP contribution is -2.37. The van der Waals surface area contributed by atoms with Crippen molar-refractivity contribution in [2.45, 2.75) is 26.8 Å². The molecule has 0 heterocycles. The lowest BCUT2D eigenvalue weighted by molar-refractivity contribution is -0.801. The molecule has 0 aromatic rings. The maximum atomic E-state index is 11.2. The number of rotatable bonds is 7. The Balaban J connectivity index is 3.60. The second kappa shape index (κ2) is 7.17. The molecule has 0 aliphatic heterocycles. The Morgan fingerprint density at radius 1 is 1.40 bits per heavy atom. The molecule has 15 heavy (non-hydrogen) atoms. The van der Waals surface area contributed by atoms with E-state index < -0.39 is 12.0 Å². The first-order valence-corrected chi connectivity index (χ1v) is 4.98. The molecule has 0 aromatic carbocycles. The summed E-state index contributed by atoms with van der Waals surface area (Å²) in [5, 5.41) is 0. The van der Waals surface area contributed by atoms with Crippen LogP contribution in [0.15, 0.2) is 0 Å². The molecule has 0 aromatic heterocycles. The number of carbonyl (C=O) groups excluding carboxylic acids is 1. The SMILES string of the molecule is CC[N+](=O)OCCOC(=O)C(N)C(C)C. The van der Waals surface area contributed by atoms with Crippen molar-refractivity contribution in [3.05, 3.63) is 4.91 Å². The molecule has 0 fully saturated rings. The zero-order valence-corrected chi connectivity index (χ0v) is 9.43. The summed E-state index contributed by atoms with van der Waals surface area (Å²) in [4.78, 5) is 26.9. The molecule has 0 aliphatic rings. The van der Waals surface area contributed by atoms with Gasteiger partial charge < -0.3 is 10.5 Å². The molecule has 0 bridgehead atoms. The van der Waals surface area contributed by atoms with Gasteiger partial charge in [-0.2, -0.15) is 0 Å². The first kappa shape index (κ1) is 13.8. The summed E-state index contributed by atoms with van der Waals surface area (Å²) in [6, 6.07) is -0.625. The van der Waals surface area contributed by atoms with Gasteiger partial charge in [-0.15, -0.1) is 0 Å². The Morgan fingerprint density at radius 2 is 2.00 bits per heavy atom. The Morgan fingerprint density at radius 3 is 2.47 bits per heavy atom. The summed E-state index contributed by atoms with van der Waals surface area (Å²) < 4.78 is 4.81. The summed E-state index contributed by atoms with van der Waals surface area (Å²) in [7, 11) is 0. The van der Waals surface area contributed by atoms with E-state index in [4.69, 9.17) is 10.5 Å². The van der Waals surface area contributed by atoms with Crippen LogP contribution in [0.2, 0.25) is 0 Å². The second-order valence-electron chi connectivity index (χ2n) is 3.42. The van der Waals surface area contributed by atoms with Gasteiger partial charge in [0.1, 0.15) is 12.6 Å². The second-order valence-corrected chi connectivity index (χ2v) is 3.42. The lowest BCUT2D eigenvalue weighted by Gasteiger charge is -2.13. The van der Waals surface area contributed by atoms with Crippen molar-refractivity contribution in [1.82, 2.24) is 0 Å². The van der Waals surface area contributed by atoms with Crippen molar-refractivity contribution in [2.75, 3.05) is 19.8 Å². The summed E-state index contributed by atoms with van der Waals surface area (Å²) in [5.41, 5.74) is 5.54. The highest BCUT2D eigenvalue weighted by Crippen LogP contribution is 2.00. The van der Waals surface area contributed by atoms with Gasteiger partial charge in [-0.05, 0) is 5.92 Å². The Bertz CT molecular complexity index is 218. The maximum absolute atomic E-state index is 11.2. The number of nitrogens with zero attached hydrogens (tertiary/aromatic N) is 1. The minimum Gasteiger partial charge on any atom is -0.461 e. The highest BCUT2D eigenvalue weighted by Gasteiger charge is 2.18. The third-order valence-corrected chi connectivity index (χ3v) is 1.81.